The molecular weight excluding hydrogens is 364 g/mol. The van der Waals surface area contributed by atoms with Crippen molar-refractivity contribution in [3.63, 3.8) is 0 Å². The Bertz CT molecular complexity index is 912. The number of aromatic nitrogens is 4. The van der Waals surface area contributed by atoms with Gasteiger partial charge in [0.15, 0.2) is 6.10 Å². The smallest absolute Gasteiger partial charge is 0.311 e. The second kappa shape index (κ2) is 8.04. The average molecular weight is 388 g/mol. The van der Waals surface area contributed by atoms with Crippen LogP contribution in [0.4, 0.5) is 0 Å². The van der Waals surface area contributed by atoms with Gasteiger partial charge in [0.2, 0.25) is 0 Å². The molecule has 0 fully saturated rings. The first-order chi connectivity index (χ1) is 12.8. The van der Waals surface area contributed by atoms with E-state index in [-0.39, 0.29) is 18.3 Å². The first kappa shape index (κ1) is 19.3. The second-order valence-electron chi connectivity index (χ2n) is 6.96. The lowest BCUT2D eigenvalue weighted by atomic mass is 10.1. The zero-order valence-electron chi connectivity index (χ0n) is 16.2. The van der Waals surface area contributed by atoms with E-state index in [0.29, 0.717) is 11.8 Å². The highest BCUT2D eigenvalue weighted by Crippen LogP contribution is 2.26. The van der Waals surface area contributed by atoms with E-state index in [9.17, 15) is 4.79 Å². The molecule has 0 aliphatic rings. The Kier molecular flexibility index (Phi) is 5.74. The van der Waals surface area contributed by atoms with Crippen molar-refractivity contribution in [3.05, 3.63) is 40.4 Å². The maximum absolute atomic E-state index is 12.4. The van der Waals surface area contributed by atoms with Crippen molar-refractivity contribution in [2.75, 3.05) is 0 Å². The van der Waals surface area contributed by atoms with Gasteiger partial charge in [0.1, 0.15) is 0 Å². The zero-order valence-corrected chi connectivity index (χ0v) is 17.0. The maximum atomic E-state index is 12.4. The predicted molar refractivity (Wildman–Crippen MR) is 102 cm³/mol. The molecule has 0 amide bonds. The van der Waals surface area contributed by atoms with Gasteiger partial charge in [-0.2, -0.15) is 5.10 Å². The van der Waals surface area contributed by atoms with Crippen LogP contribution in [-0.2, 0) is 22.5 Å². The van der Waals surface area contributed by atoms with Crippen LogP contribution in [0, 0.1) is 19.8 Å². The summed E-state index contributed by atoms with van der Waals surface area (Å²) in [5, 5.41) is 14.5. The van der Waals surface area contributed by atoms with Crippen molar-refractivity contribution in [1.29, 1.82) is 0 Å². The lowest BCUT2D eigenvalue weighted by Gasteiger charge is -2.10. The molecule has 7 nitrogen and oxygen atoms in total. The first-order valence-electron chi connectivity index (χ1n) is 8.94. The summed E-state index contributed by atoms with van der Waals surface area (Å²) in [5.74, 6) is 0.867. The number of rotatable bonds is 7. The predicted octanol–water partition coefficient (Wildman–Crippen LogP) is 4.11. The first-order valence-corrected chi connectivity index (χ1v) is 9.82. The largest absolute Gasteiger partial charge is 0.452 e. The fourth-order valence-corrected chi connectivity index (χ4v) is 3.49. The van der Waals surface area contributed by atoms with Crippen LogP contribution in [0.1, 0.15) is 49.7 Å². The normalized spacial score (nSPS) is 12.5. The van der Waals surface area contributed by atoms with Crippen LogP contribution in [0.15, 0.2) is 21.9 Å². The molecule has 0 bridgehead atoms. The third-order valence-electron chi connectivity index (χ3n) is 4.22. The summed E-state index contributed by atoms with van der Waals surface area (Å²) in [6, 6.07) is 3.82. The summed E-state index contributed by atoms with van der Waals surface area (Å²) in [6.07, 6.45) is -0.434. The number of hydrogen-bond donors (Lipinski definition) is 0. The summed E-state index contributed by atoms with van der Waals surface area (Å²) in [4.78, 5) is 13.3. The molecule has 144 valence electrons. The third-order valence-corrected chi connectivity index (χ3v) is 5.08. The van der Waals surface area contributed by atoms with Gasteiger partial charge in [-0.3, -0.25) is 9.48 Å². The van der Waals surface area contributed by atoms with Gasteiger partial charge in [0, 0.05) is 17.8 Å². The molecular formula is C19H24N4O3S. The molecule has 0 aliphatic carbocycles. The Morgan fingerprint density at radius 1 is 1.30 bits per heavy atom. The van der Waals surface area contributed by atoms with Gasteiger partial charge in [0.05, 0.1) is 17.0 Å². The number of ether oxygens (including phenoxy) is 1. The molecule has 0 saturated carbocycles. The summed E-state index contributed by atoms with van der Waals surface area (Å²) >= 11 is 1.51. The van der Waals surface area contributed by atoms with Crippen molar-refractivity contribution in [3.8, 4) is 10.8 Å². The molecule has 3 heterocycles. The van der Waals surface area contributed by atoms with Crippen molar-refractivity contribution < 1.29 is 13.9 Å². The van der Waals surface area contributed by atoms with Crippen LogP contribution in [0.3, 0.4) is 0 Å². The van der Waals surface area contributed by atoms with E-state index < -0.39 is 6.10 Å². The van der Waals surface area contributed by atoms with E-state index in [1.165, 1.54) is 11.3 Å². The Morgan fingerprint density at radius 3 is 2.74 bits per heavy atom. The van der Waals surface area contributed by atoms with E-state index in [1.807, 2.05) is 36.0 Å². The minimum Gasteiger partial charge on any atom is -0.452 e. The van der Waals surface area contributed by atoms with E-state index in [4.69, 9.17) is 9.15 Å². The minimum atomic E-state index is -0.606. The molecule has 3 rings (SSSR count). The molecule has 0 saturated heterocycles. The summed E-state index contributed by atoms with van der Waals surface area (Å²) in [7, 11) is 0. The minimum absolute atomic E-state index is 0.173. The Morgan fingerprint density at radius 2 is 2.07 bits per heavy atom. The number of hydrogen-bond acceptors (Lipinski definition) is 7. The molecule has 0 radical (unpaired) electrons. The van der Waals surface area contributed by atoms with Gasteiger partial charge >= 0.3 is 5.97 Å². The standard InChI is InChI=1S/C19H24N4O3S/c1-11(2)10-23-13(4)15(12(3)22-23)9-17(24)25-14(5)18-20-21-19(26-18)16-7-6-8-27-16/h6-8,11,14H,9-10H2,1-5H3. The van der Waals surface area contributed by atoms with Gasteiger partial charge in [-0.25, -0.2) is 0 Å². The summed E-state index contributed by atoms with van der Waals surface area (Å²) in [6.45, 7) is 10.7. The third kappa shape index (κ3) is 4.44. The number of carbonyl (C=O) groups is 1. The van der Waals surface area contributed by atoms with Crippen LogP contribution in [0.5, 0.6) is 0 Å². The van der Waals surface area contributed by atoms with Crippen LogP contribution in [0.2, 0.25) is 0 Å². The van der Waals surface area contributed by atoms with E-state index in [1.54, 1.807) is 6.92 Å². The topological polar surface area (TPSA) is 83.0 Å². The number of thiophene rings is 1. The maximum Gasteiger partial charge on any atom is 0.311 e. The van der Waals surface area contributed by atoms with E-state index >= 15 is 0 Å². The Balaban J connectivity index is 1.65. The highest BCUT2D eigenvalue weighted by atomic mass is 32.1. The lowest BCUT2D eigenvalue weighted by molar-refractivity contribution is -0.148. The summed E-state index contributed by atoms with van der Waals surface area (Å²) < 4.78 is 13.1. The van der Waals surface area contributed by atoms with Crippen LogP contribution in [0.25, 0.3) is 10.8 Å². The van der Waals surface area contributed by atoms with E-state index in [2.05, 4.69) is 29.1 Å². The van der Waals surface area contributed by atoms with Gasteiger partial charge in [-0.15, -0.1) is 21.5 Å². The fourth-order valence-electron chi connectivity index (χ4n) is 2.85. The van der Waals surface area contributed by atoms with Crippen molar-refractivity contribution in [2.24, 2.45) is 5.92 Å². The fraction of sp³-hybridized carbons (Fsp3) is 0.474. The monoisotopic (exact) mass is 388 g/mol. The molecule has 8 heteroatoms. The Labute approximate surface area is 162 Å². The highest BCUT2D eigenvalue weighted by molar-refractivity contribution is 7.13. The van der Waals surface area contributed by atoms with Gasteiger partial charge in [-0.1, -0.05) is 19.9 Å². The van der Waals surface area contributed by atoms with Gasteiger partial charge in [-0.05, 0) is 38.1 Å². The van der Waals surface area contributed by atoms with Crippen molar-refractivity contribution in [2.45, 2.75) is 53.7 Å². The molecule has 0 aromatic carbocycles. The Hall–Kier alpha value is -2.48. The van der Waals surface area contributed by atoms with Gasteiger partial charge < -0.3 is 9.15 Å². The molecule has 3 aromatic rings. The van der Waals surface area contributed by atoms with Crippen LogP contribution in [-0.4, -0.2) is 25.9 Å². The molecule has 3 aromatic heterocycles. The van der Waals surface area contributed by atoms with Crippen LogP contribution < -0.4 is 0 Å². The van der Waals surface area contributed by atoms with Crippen molar-refractivity contribution in [1.82, 2.24) is 20.0 Å². The zero-order chi connectivity index (χ0) is 19.6. The second-order valence-corrected chi connectivity index (χ2v) is 7.90. The molecule has 27 heavy (non-hydrogen) atoms. The average Bonchev–Trinajstić information content (AvgIpc) is 3.32. The lowest BCUT2D eigenvalue weighted by Crippen LogP contribution is -2.13. The molecule has 0 aliphatic heterocycles. The summed E-state index contributed by atoms with van der Waals surface area (Å²) in [5.41, 5.74) is 2.77. The van der Waals surface area contributed by atoms with Gasteiger partial charge in [0.25, 0.3) is 11.8 Å². The number of carbonyl (C=O) groups excluding carboxylic acids is 1. The SMILES string of the molecule is Cc1nn(CC(C)C)c(C)c1CC(=O)OC(C)c1nnc(-c2cccs2)o1. The number of nitrogens with zero attached hydrogens (tertiary/aromatic N) is 4. The van der Waals surface area contributed by atoms with E-state index in [0.717, 1.165) is 28.4 Å². The number of esters is 1. The number of aryl methyl sites for hydroxylation is 1. The van der Waals surface area contributed by atoms with Crippen molar-refractivity contribution >= 4 is 17.3 Å². The molecule has 1 unspecified atom stereocenters. The van der Waals surface area contributed by atoms with Crippen LogP contribution >= 0.6 is 11.3 Å². The molecule has 1 atom stereocenters. The molecule has 0 N–H and O–H groups in total. The molecule has 0 spiro atoms. The highest BCUT2D eigenvalue weighted by Gasteiger charge is 2.22. The quantitative estimate of drug-likeness (QED) is 0.566.